The van der Waals surface area contributed by atoms with Crippen molar-refractivity contribution in [3.63, 3.8) is 0 Å². The van der Waals surface area contributed by atoms with Gasteiger partial charge in [-0.2, -0.15) is 5.26 Å². The smallest absolute Gasteiger partial charge is 0.339 e. The first kappa shape index (κ1) is 22.6. The molecule has 31 heavy (non-hydrogen) atoms. The molecule has 1 amide bonds. The largest absolute Gasteiger partial charge is 0.452 e. The van der Waals surface area contributed by atoms with E-state index in [2.05, 4.69) is 16.4 Å². The molecule has 3 aromatic rings. The maximum atomic E-state index is 12.6. The SMILES string of the molecule is Cc1nc(NC(=O)COC(=O)c2ccccc2Sc2ccccc2C#N)c(Cl)cc1Cl. The van der Waals surface area contributed by atoms with Gasteiger partial charge in [0.05, 0.1) is 26.9 Å². The van der Waals surface area contributed by atoms with E-state index in [4.69, 9.17) is 27.9 Å². The first-order valence-electron chi connectivity index (χ1n) is 8.94. The third kappa shape index (κ3) is 5.76. The summed E-state index contributed by atoms with van der Waals surface area (Å²) in [6.45, 7) is 1.15. The van der Waals surface area contributed by atoms with Crippen molar-refractivity contribution >= 4 is 52.7 Å². The lowest BCUT2D eigenvalue weighted by Gasteiger charge is -2.11. The van der Waals surface area contributed by atoms with E-state index in [9.17, 15) is 14.9 Å². The number of ether oxygens (including phenoxy) is 1. The third-order valence-electron chi connectivity index (χ3n) is 4.03. The molecule has 1 heterocycles. The number of anilines is 1. The summed E-state index contributed by atoms with van der Waals surface area (Å²) in [7, 11) is 0. The summed E-state index contributed by atoms with van der Waals surface area (Å²) in [4.78, 5) is 30.2. The quantitative estimate of drug-likeness (QED) is 0.476. The van der Waals surface area contributed by atoms with Crippen molar-refractivity contribution in [3.05, 3.63) is 81.5 Å². The van der Waals surface area contributed by atoms with E-state index in [-0.39, 0.29) is 16.4 Å². The number of benzene rings is 2. The van der Waals surface area contributed by atoms with E-state index in [0.717, 1.165) is 0 Å². The van der Waals surface area contributed by atoms with E-state index in [0.29, 0.717) is 26.1 Å². The predicted molar refractivity (Wildman–Crippen MR) is 120 cm³/mol. The summed E-state index contributed by atoms with van der Waals surface area (Å²) in [5.41, 5.74) is 1.28. The number of halogens is 2. The fourth-order valence-corrected chi connectivity index (χ4v) is 3.93. The van der Waals surface area contributed by atoms with Crippen molar-refractivity contribution in [2.45, 2.75) is 16.7 Å². The van der Waals surface area contributed by atoms with Crippen LogP contribution in [0.2, 0.25) is 10.0 Å². The third-order valence-corrected chi connectivity index (χ3v) is 5.85. The molecule has 0 saturated heterocycles. The zero-order chi connectivity index (χ0) is 22.4. The number of hydrogen-bond donors (Lipinski definition) is 1. The maximum Gasteiger partial charge on any atom is 0.339 e. The standard InChI is InChI=1S/C22H15Cl2N3O3S/c1-13-16(23)10-17(24)21(26-13)27-20(28)12-30-22(29)15-7-3-5-9-19(15)31-18-8-4-2-6-14(18)11-25/h2-10H,12H2,1H3,(H,26,27,28). The highest BCUT2D eigenvalue weighted by atomic mass is 35.5. The Morgan fingerprint density at radius 1 is 1.10 bits per heavy atom. The van der Waals surface area contributed by atoms with Gasteiger partial charge in [0.2, 0.25) is 0 Å². The predicted octanol–water partition coefficient (Wildman–Crippen LogP) is 5.52. The number of hydrogen-bond acceptors (Lipinski definition) is 6. The van der Waals surface area contributed by atoms with Crippen molar-refractivity contribution < 1.29 is 14.3 Å². The number of pyridine rings is 1. The highest BCUT2D eigenvalue weighted by molar-refractivity contribution is 7.99. The maximum absolute atomic E-state index is 12.6. The van der Waals surface area contributed by atoms with E-state index >= 15 is 0 Å². The van der Waals surface area contributed by atoms with Crippen LogP contribution in [0.4, 0.5) is 5.82 Å². The van der Waals surface area contributed by atoms with Gasteiger partial charge in [-0.1, -0.05) is 59.2 Å². The molecule has 1 N–H and O–H groups in total. The van der Waals surface area contributed by atoms with E-state index in [1.807, 2.05) is 6.07 Å². The Kier molecular flexibility index (Phi) is 7.53. The number of rotatable bonds is 6. The molecule has 0 fully saturated rings. The van der Waals surface area contributed by atoms with Crippen LogP contribution in [0, 0.1) is 18.3 Å². The Labute approximate surface area is 193 Å². The topological polar surface area (TPSA) is 92.1 Å². The van der Waals surface area contributed by atoms with Gasteiger partial charge in [-0.15, -0.1) is 0 Å². The number of nitrogens with one attached hydrogen (secondary N) is 1. The van der Waals surface area contributed by atoms with Crippen molar-refractivity contribution in [3.8, 4) is 6.07 Å². The average molecular weight is 472 g/mol. The van der Waals surface area contributed by atoms with Gasteiger partial charge in [0.15, 0.2) is 12.4 Å². The van der Waals surface area contributed by atoms with Crippen molar-refractivity contribution in [1.82, 2.24) is 4.98 Å². The molecule has 0 radical (unpaired) electrons. The zero-order valence-electron chi connectivity index (χ0n) is 16.2. The number of carbonyl (C=O) groups is 2. The zero-order valence-corrected chi connectivity index (χ0v) is 18.5. The monoisotopic (exact) mass is 471 g/mol. The number of nitrogens with zero attached hydrogens (tertiary/aromatic N) is 2. The molecule has 9 heteroatoms. The molecular weight excluding hydrogens is 457 g/mol. The van der Waals surface area contributed by atoms with Crippen LogP contribution in [0.15, 0.2) is 64.4 Å². The second-order valence-electron chi connectivity index (χ2n) is 6.22. The van der Waals surface area contributed by atoms with Gasteiger partial charge < -0.3 is 10.1 Å². The normalized spacial score (nSPS) is 10.3. The van der Waals surface area contributed by atoms with Crippen LogP contribution >= 0.6 is 35.0 Å². The van der Waals surface area contributed by atoms with Crippen LogP contribution in [-0.4, -0.2) is 23.5 Å². The van der Waals surface area contributed by atoms with Gasteiger partial charge in [0.25, 0.3) is 5.91 Å². The van der Waals surface area contributed by atoms with Crippen molar-refractivity contribution in [2.24, 2.45) is 0 Å². The molecule has 0 aliphatic rings. The lowest BCUT2D eigenvalue weighted by Crippen LogP contribution is -2.22. The van der Waals surface area contributed by atoms with Crippen LogP contribution in [-0.2, 0) is 9.53 Å². The fraction of sp³-hybridized carbons (Fsp3) is 0.0909. The number of aryl methyl sites for hydroxylation is 1. The molecular formula is C22H15Cl2N3O3S. The Bertz CT molecular complexity index is 1190. The Hall–Kier alpha value is -3.05. The number of amides is 1. The van der Waals surface area contributed by atoms with E-state index < -0.39 is 18.5 Å². The first-order valence-corrected chi connectivity index (χ1v) is 10.5. The molecule has 3 rings (SSSR count). The molecule has 0 aliphatic carbocycles. The summed E-state index contributed by atoms with van der Waals surface area (Å²) >= 11 is 13.2. The molecule has 0 bridgehead atoms. The van der Waals surface area contributed by atoms with Gasteiger partial charge in [-0.25, -0.2) is 9.78 Å². The Morgan fingerprint density at radius 3 is 2.52 bits per heavy atom. The van der Waals surface area contributed by atoms with Crippen LogP contribution in [0.1, 0.15) is 21.6 Å². The molecule has 2 aromatic carbocycles. The van der Waals surface area contributed by atoms with Crippen LogP contribution in [0.5, 0.6) is 0 Å². The molecule has 0 saturated carbocycles. The van der Waals surface area contributed by atoms with Crippen LogP contribution in [0.3, 0.4) is 0 Å². The molecule has 156 valence electrons. The first-order chi connectivity index (χ1) is 14.9. The van der Waals surface area contributed by atoms with Crippen LogP contribution in [0.25, 0.3) is 0 Å². The minimum atomic E-state index is -0.668. The van der Waals surface area contributed by atoms with Gasteiger partial charge in [-0.3, -0.25) is 4.79 Å². The summed E-state index contributed by atoms with van der Waals surface area (Å²) in [6, 6.07) is 17.5. The number of esters is 1. The summed E-state index contributed by atoms with van der Waals surface area (Å²) in [6.07, 6.45) is 0. The van der Waals surface area contributed by atoms with E-state index in [1.165, 1.54) is 17.8 Å². The molecule has 0 atom stereocenters. The molecule has 0 spiro atoms. The fourth-order valence-electron chi connectivity index (χ4n) is 2.51. The summed E-state index contributed by atoms with van der Waals surface area (Å²) in [5, 5.41) is 12.3. The van der Waals surface area contributed by atoms with E-state index in [1.54, 1.807) is 49.4 Å². The van der Waals surface area contributed by atoms with Crippen molar-refractivity contribution in [2.75, 3.05) is 11.9 Å². The molecule has 0 aliphatic heterocycles. The minimum Gasteiger partial charge on any atom is -0.452 e. The number of carbonyl (C=O) groups excluding carboxylic acids is 2. The second-order valence-corrected chi connectivity index (χ2v) is 8.11. The average Bonchev–Trinajstić information content (AvgIpc) is 2.76. The molecule has 1 aromatic heterocycles. The molecule has 0 unspecified atom stereocenters. The second kappa shape index (κ2) is 10.3. The minimum absolute atomic E-state index is 0.133. The Balaban J connectivity index is 1.68. The lowest BCUT2D eigenvalue weighted by molar-refractivity contribution is -0.119. The van der Waals surface area contributed by atoms with Gasteiger partial charge in [0, 0.05) is 9.79 Å². The highest BCUT2D eigenvalue weighted by Gasteiger charge is 2.17. The van der Waals surface area contributed by atoms with Gasteiger partial charge in [0.1, 0.15) is 6.07 Å². The Morgan fingerprint density at radius 2 is 1.77 bits per heavy atom. The lowest BCUT2D eigenvalue weighted by atomic mass is 10.2. The number of nitriles is 1. The summed E-state index contributed by atoms with van der Waals surface area (Å²) in [5.74, 6) is -1.13. The van der Waals surface area contributed by atoms with Gasteiger partial charge in [-0.05, 0) is 37.3 Å². The summed E-state index contributed by atoms with van der Waals surface area (Å²) < 4.78 is 5.16. The van der Waals surface area contributed by atoms with Crippen molar-refractivity contribution in [1.29, 1.82) is 5.26 Å². The van der Waals surface area contributed by atoms with Crippen LogP contribution < -0.4 is 5.32 Å². The highest BCUT2D eigenvalue weighted by Crippen LogP contribution is 2.33. The number of aromatic nitrogens is 1. The molecule has 6 nitrogen and oxygen atoms in total. The van der Waals surface area contributed by atoms with Gasteiger partial charge >= 0.3 is 5.97 Å².